The second-order valence-corrected chi connectivity index (χ2v) is 4.59. The lowest BCUT2D eigenvalue weighted by atomic mass is 10.2. The highest BCUT2D eigenvalue weighted by Gasteiger charge is 2.08. The molecule has 4 N–H and O–H groups in total. The number of nitrogens with two attached hydrogens (primary N) is 1. The van der Waals surface area contributed by atoms with Gasteiger partial charge in [-0.05, 0) is 18.2 Å². The van der Waals surface area contributed by atoms with Crippen LogP contribution in [0, 0.1) is 0 Å². The summed E-state index contributed by atoms with van der Waals surface area (Å²) >= 11 is 1.59. The number of aromatic hydroxyl groups is 1. The topological polar surface area (TPSA) is 74.9 Å². The zero-order valence-corrected chi connectivity index (χ0v) is 9.08. The van der Waals surface area contributed by atoms with Gasteiger partial charge < -0.3 is 10.8 Å². The summed E-state index contributed by atoms with van der Waals surface area (Å²) in [5.41, 5.74) is 6.43. The maximum Gasteiger partial charge on any atom is 0.145 e. The van der Waals surface area contributed by atoms with E-state index < -0.39 is 0 Å². The molecule has 1 aromatic carbocycles. The third-order valence-corrected chi connectivity index (χ3v) is 3.54. The van der Waals surface area contributed by atoms with Crippen LogP contribution < -0.4 is 5.73 Å². The molecular weight excluding hydrogens is 222 g/mol. The Bertz CT molecular complexity index is 656. The monoisotopic (exact) mass is 231 g/mol. The largest absolute Gasteiger partial charge is 0.507 e. The Morgan fingerprint density at radius 2 is 2.19 bits per heavy atom. The van der Waals surface area contributed by atoms with Crippen LogP contribution in [0.1, 0.15) is 0 Å². The lowest BCUT2D eigenvalue weighted by molar-refractivity contribution is 0.482. The average Bonchev–Trinajstić information content (AvgIpc) is 2.84. The van der Waals surface area contributed by atoms with E-state index in [1.54, 1.807) is 23.5 Å². The van der Waals surface area contributed by atoms with Crippen molar-refractivity contribution in [3.63, 3.8) is 0 Å². The van der Waals surface area contributed by atoms with Crippen molar-refractivity contribution in [1.29, 1.82) is 0 Å². The van der Waals surface area contributed by atoms with Crippen LogP contribution in [-0.4, -0.2) is 15.3 Å². The zero-order chi connectivity index (χ0) is 11.1. The molecule has 0 saturated heterocycles. The molecule has 0 atom stereocenters. The van der Waals surface area contributed by atoms with Gasteiger partial charge in [0, 0.05) is 16.2 Å². The number of nitrogens with zero attached hydrogens (tertiary/aromatic N) is 1. The number of phenols is 1. The van der Waals surface area contributed by atoms with Gasteiger partial charge in [-0.15, -0.1) is 11.3 Å². The predicted octanol–water partition coefficient (Wildman–Crippen LogP) is 2.58. The van der Waals surface area contributed by atoms with Crippen molar-refractivity contribution >= 4 is 27.2 Å². The van der Waals surface area contributed by atoms with Crippen LogP contribution in [0.5, 0.6) is 5.75 Å². The summed E-state index contributed by atoms with van der Waals surface area (Å²) in [6.07, 6.45) is 0. The molecule has 0 aliphatic rings. The normalized spacial score (nSPS) is 11.0. The Kier molecular flexibility index (Phi) is 1.87. The second kappa shape index (κ2) is 3.24. The lowest BCUT2D eigenvalue weighted by Crippen LogP contribution is -1.81. The van der Waals surface area contributed by atoms with E-state index >= 15 is 0 Å². The Morgan fingerprint density at radius 3 is 2.88 bits per heavy atom. The van der Waals surface area contributed by atoms with E-state index in [4.69, 9.17) is 5.73 Å². The van der Waals surface area contributed by atoms with Gasteiger partial charge in [0.15, 0.2) is 0 Å². The van der Waals surface area contributed by atoms with Crippen LogP contribution in [0.2, 0.25) is 0 Å². The summed E-state index contributed by atoms with van der Waals surface area (Å²) in [4.78, 5) is 1.01. The van der Waals surface area contributed by atoms with Gasteiger partial charge in [0.25, 0.3) is 0 Å². The fourth-order valence-electron chi connectivity index (χ4n) is 1.64. The molecule has 0 aliphatic heterocycles. The van der Waals surface area contributed by atoms with E-state index in [0.717, 1.165) is 20.7 Å². The van der Waals surface area contributed by atoms with Crippen molar-refractivity contribution in [2.45, 2.75) is 0 Å². The molecule has 0 saturated carbocycles. The van der Waals surface area contributed by atoms with Crippen molar-refractivity contribution in [1.82, 2.24) is 10.2 Å². The maximum atomic E-state index is 9.69. The smallest absolute Gasteiger partial charge is 0.145 e. The van der Waals surface area contributed by atoms with Crippen molar-refractivity contribution < 1.29 is 5.11 Å². The number of fused-ring (bicyclic) bond motifs is 1. The van der Waals surface area contributed by atoms with Crippen LogP contribution >= 0.6 is 11.3 Å². The molecule has 3 aromatic rings. The Hall–Kier alpha value is -2.01. The van der Waals surface area contributed by atoms with Crippen LogP contribution in [-0.2, 0) is 0 Å². The highest BCUT2D eigenvalue weighted by atomic mass is 32.1. The lowest BCUT2D eigenvalue weighted by Gasteiger charge is -1.90. The first-order chi connectivity index (χ1) is 7.74. The van der Waals surface area contributed by atoms with E-state index in [1.807, 2.05) is 18.2 Å². The number of rotatable bonds is 1. The third kappa shape index (κ3) is 1.33. The van der Waals surface area contributed by atoms with Crippen LogP contribution in [0.4, 0.5) is 5.82 Å². The van der Waals surface area contributed by atoms with Gasteiger partial charge in [0.1, 0.15) is 11.6 Å². The number of H-pyrrole nitrogens is 1. The number of aromatic nitrogens is 2. The number of anilines is 1. The third-order valence-electron chi connectivity index (χ3n) is 2.40. The quantitative estimate of drug-likeness (QED) is 0.602. The summed E-state index contributed by atoms with van der Waals surface area (Å²) in [6, 6.07) is 9.20. The minimum absolute atomic E-state index is 0.299. The maximum absolute atomic E-state index is 9.69. The first kappa shape index (κ1) is 9.23. The number of thiophene rings is 1. The molecule has 0 unspecified atom stereocenters. The van der Waals surface area contributed by atoms with E-state index in [2.05, 4.69) is 10.2 Å². The number of nitrogen functional groups attached to an aromatic ring is 1. The fraction of sp³-hybridized carbons (Fsp3) is 0. The minimum atomic E-state index is 0.299. The number of aromatic amines is 1. The van der Waals surface area contributed by atoms with Gasteiger partial charge in [-0.25, -0.2) is 0 Å². The molecule has 80 valence electrons. The molecule has 5 heteroatoms. The van der Waals surface area contributed by atoms with Crippen LogP contribution in [0.15, 0.2) is 30.3 Å². The molecule has 0 bridgehead atoms. The standard InChI is InChI=1S/C11H9N3OS/c12-11-5-7(13-14-11)10-4-6-8(15)2-1-3-9(6)16-10/h1-5,15H,(H3,12,13,14). The SMILES string of the molecule is Nc1cc(-c2cc3c(O)cccc3s2)[nH]n1. The molecule has 2 heterocycles. The average molecular weight is 231 g/mol. The molecule has 0 amide bonds. The molecule has 0 radical (unpaired) electrons. The van der Waals surface area contributed by atoms with Gasteiger partial charge in [0.2, 0.25) is 0 Å². The van der Waals surface area contributed by atoms with Crippen molar-refractivity contribution in [2.75, 3.05) is 5.73 Å². The Labute approximate surface area is 95.3 Å². The van der Waals surface area contributed by atoms with Crippen molar-refractivity contribution in [3.05, 3.63) is 30.3 Å². The van der Waals surface area contributed by atoms with Crippen molar-refractivity contribution in [3.8, 4) is 16.3 Å². The number of hydrogen-bond donors (Lipinski definition) is 3. The first-order valence-corrected chi connectivity index (χ1v) is 5.58. The zero-order valence-electron chi connectivity index (χ0n) is 8.27. The Morgan fingerprint density at radius 1 is 1.31 bits per heavy atom. The molecule has 16 heavy (non-hydrogen) atoms. The van der Waals surface area contributed by atoms with Crippen LogP contribution in [0.25, 0.3) is 20.7 Å². The second-order valence-electron chi connectivity index (χ2n) is 3.51. The van der Waals surface area contributed by atoms with Gasteiger partial charge in [-0.1, -0.05) is 6.07 Å². The number of hydrogen-bond acceptors (Lipinski definition) is 4. The molecule has 0 aliphatic carbocycles. The van der Waals surface area contributed by atoms with E-state index in [1.165, 1.54) is 0 Å². The highest BCUT2D eigenvalue weighted by Crippen LogP contribution is 2.36. The van der Waals surface area contributed by atoms with E-state index in [0.29, 0.717) is 11.6 Å². The van der Waals surface area contributed by atoms with Gasteiger partial charge in [-0.2, -0.15) is 5.10 Å². The number of nitrogens with one attached hydrogen (secondary N) is 1. The van der Waals surface area contributed by atoms with Gasteiger partial charge >= 0.3 is 0 Å². The van der Waals surface area contributed by atoms with E-state index in [9.17, 15) is 5.11 Å². The number of benzene rings is 1. The Balaban J connectivity index is 2.22. The molecule has 2 aromatic heterocycles. The summed E-state index contributed by atoms with van der Waals surface area (Å²) in [5, 5.41) is 17.3. The van der Waals surface area contributed by atoms with Crippen LogP contribution in [0.3, 0.4) is 0 Å². The molecule has 3 rings (SSSR count). The molecular formula is C11H9N3OS. The highest BCUT2D eigenvalue weighted by molar-refractivity contribution is 7.22. The molecule has 0 fully saturated rings. The summed E-state index contributed by atoms with van der Waals surface area (Å²) < 4.78 is 1.04. The number of phenolic OH excluding ortho intramolecular Hbond substituents is 1. The molecule has 4 nitrogen and oxygen atoms in total. The predicted molar refractivity (Wildman–Crippen MR) is 65.5 cm³/mol. The molecule has 0 spiro atoms. The summed E-state index contributed by atoms with van der Waals surface area (Å²) in [6.45, 7) is 0. The first-order valence-electron chi connectivity index (χ1n) is 4.77. The fourth-order valence-corrected chi connectivity index (χ4v) is 2.69. The minimum Gasteiger partial charge on any atom is -0.507 e. The summed E-state index contributed by atoms with van der Waals surface area (Å²) in [7, 11) is 0. The van der Waals surface area contributed by atoms with E-state index in [-0.39, 0.29) is 0 Å². The van der Waals surface area contributed by atoms with Gasteiger partial charge in [-0.3, -0.25) is 5.10 Å². The van der Waals surface area contributed by atoms with Gasteiger partial charge in [0.05, 0.1) is 10.6 Å². The summed E-state index contributed by atoms with van der Waals surface area (Å²) in [5.74, 6) is 0.768. The van der Waals surface area contributed by atoms with Crippen molar-refractivity contribution in [2.24, 2.45) is 0 Å².